The van der Waals surface area contributed by atoms with Gasteiger partial charge in [0.2, 0.25) is 5.82 Å². The number of carbonyl (C=O) groups excluding carboxylic acids is 1. The van der Waals surface area contributed by atoms with Crippen LogP contribution < -0.4 is 9.84 Å². The number of halogens is 5. The number of hydrogen-bond donors (Lipinski definition) is 0. The van der Waals surface area contributed by atoms with Crippen molar-refractivity contribution in [3.8, 4) is 5.75 Å². The zero-order chi connectivity index (χ0) is 11.7. The Bertz CT molecular complexity index is 402. The maximum Gasteiger partial charge on any atom is 0.257 e. The van der Waals surface area contributed by atoms with E-state index in [-0.39, 0.29) is 0 Å². The van der Waals surface area contributed by atoms with Crippen molar-refractivity contribution >= 4 is 6.16 Å². The van der Waals surface area contributed by atoms with Crippen LogP contribution in [-0.2, 0) is 0 Å². The minimum absolute atomic E-state index is 1.91. The van der Waals surface area contributed by atoms with Crippen LogP contribution >= 0.6 is 0 Å². The van der Waals surface area contributed by atoms with E-state index in [0.717, 1.165) is 0 Å². The normalized spacial score (nSPS) is 10.2. The average Bonchev–Trinajstić information content (AvgIpc) is 2.18. The van der Waals surface area contributed by atoms with E-state index in [1.165, 1.54) is 0 Å². The topological polar surface area (TPSA) is 49.4 Å². The summed E-state index contributed by atoms with van der Waals surface area (Å²) in [5, 5.41) is 9.78. The summed E-state index contributed by atoms with van der Waals surface area (Å²) >= 11 is 0. The summed E-state index contributed by atoms with van der Waals surface area (Å²) in [6.07, 6.45) is -2.45. The van der Waals surface area contributed by atoms with Gasteiger partial charge in [-0.2, -0.15) is 0 Å². The monoisotopic (exact) mass is 227 g/mol. The lowest BCUT2D eigenvalue weighted by molar-refractivity contribution is -0.271. The third-order valence-corrected chi connectivity index (χ3v) is 1.35. The van der Waals surface area contributed by atoms with Gasteiger partial charge in [-0.3, -0.25) is 0 Å². The first-order chi connectivity index (χ1) is 6.86. The number of hydrogen-bond acceptors (Lipinski definition) is 3. The molecule has 0 radical (unpaired) electrons. The van der Waals surface area contributed by atoms with E-state index in [9.17, 15) is 31.9 Å². The Morgan fingerprint density at radius 3 is 1.53 bits per heavy atom. The van der Waals surface area contributed by atoms with Gasteiger partial charge in [-0.05, 0) is 0 Å². The largest absolute Gasteiger partial charge is 0.508 e. The molecule has 0 heterocycles. The van der Waals surface area contributed by atoms with Crippen LogP contribution in [0.1, 0.15) is 0 Å². The fraction of sp³-hybridized carbons (Fsp3) is 0. The molecule has 15 heavy (non-hydrogen) atoms. The highest BCUT2D eigenvalue weighted by Gasteiger charge is 2.25. The second kappa shape index (κ2) is 3.71. The molecule has 0 saturated carbocycles. The van der Waals surface area contributed by atoms with E-state index in [0.29, 0.717) is 0 Å². The lowest BCUT2D eigenvalue weighted by Gasteiger charge is -2.11. The molecule has 1 aromatic carbocycles. The Morgan fingerprint density at radius 1 is 0.867 bits per heavy atom. The van der Waals surface area contributed by atoms with Gasteiger partial charge in [0.05, 0.1) is 0 Å². The molecule has 82 valence electrons. The minimum Gasteiger partial charge on any atom is -0.508 e. The highest BCUT2D eigenvalue weighted by atomic mass is 19.2. The lowest BCUT2D eigenvalue weighted by atomic mass is 10.3. The molecule has 0 bridgehead atoms. The second-order valence-electron chi connectivity index (χ2n) is 2.25. The summed E-state index contributed by atoms with van der Waals surface area (Å²) in [5.41, 5.74) is 0. The average molecular weight is 227 g/mol. The third kappa shape index (κ3) is 1.83. The van der Waals surface area contributed by atoms with Crippen molar-refractivity contribution in [2.24, 2.45) is 0 Å². The van der Waals surface area contributed by atoms with E-state index in [1.807, 2.05) is 0 Å². The SMILES string of the molecule is O=C([O-])Oc1c(F)c(F)c(F)c(F)c1F. The van der Waals surface area contributed by atoms with Gasteiger partial charge in [0.25, 0.3) is 6.16 Å². The van der Waals surface area contributed by atoms with E-state index in [4.69, 9.17) is 0 Å². The molecule has 1 aromatic rings. The van der Waals surface area contributed by atoms with E-state index < -0.39 is 41.0 Å². The number of ether oxygens (including phenoxy) is 1. The summed E-state index contributed by atoms with van der Waals surface area (Å²) in [4.78, 5) is 9.78. The van der Waals surface area contributed by atoms with Crippen LogP contribution in [0.15, 0.2) is 0 Å². The number of carbonyl (C=O) groups is 1. The van der Waals surface area contributed by atoms with Gasteiger partial charge < -0.3 is 14.6 Å². The highest BCUT2D eigenvalue weighted by molar-refractivity contribution is 5.59. The maximum absolute atomic E-state index is 12.6. The van der Waals surface area contributed by atoms with Gasteiger partial charge in [0, 0.05) is 0 Å². The Balaban J connectivity index is 3.45. The van der Waals surface area contributed by atoms with Crippen molar-refractivity contribution in [2.75, 3.05) is 0 Å². The molecule has 0 aliphatic heterocycles. The van der Waals surface area contributed by atoms with E-state index in [2.05, 4.69) is 4.74 Å². The van der Waals surface area contributed by atoms with Gasteiger partial charge in [-0.25, -0.2) is 22.0 Å². The van der Waals surface area contributed by atoms with Crippen LogP contribution in [0.25, 0.3) is 0 Å². The van der Waals surface area contributed by atoms with Gasteiger partial charge >= 0.3 is 0 Å². The smallest absolute Gasteiger partial charge is 0.257 e. The van der Waals surface area contributed by atoms with Crippen LogP contribution in [0.2, 0.25) is 0 Å². The molecule has 0 saturated heterocycles. The molecule has 0 amide bonds. The summed E-state index contributed by atoms with van der Waals surface area (Å²) < 4.78 is 65.7. The van der Waals surface area contributed by atoms with Gasteiger partial charge in [0.1, 0.15) is 5.75 Å². The number of benzene rings is 1. The molecule has 1 rings (SSSR count). The first kappa shape index (κ1) is 11.2. The van der Waals surface area contributed by atoms with Gasteiger partial charge in [-0.1, -0.05) is 0 Å². The van der Waals surface area contributed by atoms with Crippen molar-refractivity contribution in [3.05, 3.63) is 29.1 Å². The predicted molar refractivity (Wildman–Crippen MR) is 32.3 cm³/mol. The molecule has 0 unspecified atom stereocenters. The summed E-state index contributed by atoms with van der Waals surface area (Å²) in [6, 6.07) is 0. The quantitative estimate of drug-likeness (QED) is 0.237. The van der Waals surface area contributed by atoms with Gasteiger partial charge in [-0.15, -0.1) is 0 Å². The predicted octanol–water partition coefficient (Wildman–Crippen LogP) is 1.10. The van der Waals surface area contributed by atoms with Crippen molar-refractivity contribution < 1.29 is 36.6 Å². The third-order valence-electron chi connectivity index (χ3n) is 1.35. The van der Waals surface area contributed by atoms with Crippen LogP contribution in [-0.4, -0.2) is 6.16 Å². The fourth-order valence-corrected chi connectivity index (χ4v) is 0.758. The first-order valence-corrected chi connectivity index (χ1v) is 3.26. The molecule has 0 spiro atoms. The molecule has 0 aliphatic rings. The molecule has 0 atom stereocenters. The van der Waals surface area contributed by atoms with Crippen LogP contribution in [0.3, 0.4) is 0 Å². The summed E-state index contributed by atoms with van der Waals surface area (Å²) in [5.74, 6) is -13.7. The maximum atomic E-state index is 12.6. The Hall–Kier alpha value is -1.86. The van der Waals surface area contributed by atoms with Crippen LogP contribution in [0, 0.1) is 29.1 Å². The fourth-order valence-electron chi connectivity index (χ4n) is 0.758. The molecule has 0 aromatic heterocycles. The molecule has 0 N–H and O–H groups in total. The van der Waals surface area contributed by atoms with Crippen molar-refractivity contribution in [3.63, 3.8) is 0 Å². The summed E-state index contributed by atoms with van der Waals surface area (Å²) in [6.45, 7) is 0. The van der Waals surface area contributed by atoms with Crippen molar-refractivity contribution in [2.45, 2.75) is 0 Å². The lowest BCUT2D eigenvalue weighted by Crippen LogP contribution is -2.27. The molecule has 0 fully saturated rings. The Kier molecular flexibility index (Phi) is 2.78. The van der Waals surface area contributed by atoms with Gasteiger partial charge in [0.15, 0.2) is 23.3 Å². The van der Waals surface area contributed by atoms with E-state index in [1.54, 1.807) is 0 Å². The summed E-state index contributed by atoms with van der Waals surface area (Å²) in [7, 11) is 0. The minimum atomic E-state index is -2.45. The molecule has 0 aliphatic carbocycles. The highest BCUT2D eigenvalue weighted by Crippen LogP contribution is 2.28. The first-order valence-electron chi connectivity index (χ1n) is 3.26. The van der Waals surface area contributed by atoms with Crippen molar-refractivity contribution in [1.82, 2.24) is 0 Å². The Labute approximate surface area is 78.7 Å². The number of rotatable bonds is 1. The van der Waals surface area contributed by atoms with E-state index >= 15 is 0 Å². The molecular formula is C7F5O3-. The molecule has 8 heteroatoms. The Morgan fingerprint density at radius 2 is 1.20 bits per heavy atom. The molecular weight excluding hydrogens is 227 g/mol. The van der Waals surface area contributed by atoms with Crippen LogP contribution in [0.4, 0.5) is 26.7 Å². The number of carboxylic acid groups (broad SMARTS) is 1. The standard InChI is InChI=1S/C7HF5O3/c8-1-2(9)4(11)6(15-7(13)14)5(12)3(1)10/h(H,13,14)/p-1. The van der Waals surface area contributed by atoms with Crippen molar-refractivity contribution in [1.29, 1.82) is 0 Å². The zero-order valence-corrected chi connectivity index (χ0v) is 6.61. The second-order valence-corrected chi connectivity index (χ2v) is 2.25. The van der Waals surface area contributed by atoms with Crippen LogP contribution in [0.5, 0.6) is 5.75 Å². The molecule has 3 nitrogen and oxygen atoms in total. The zero-order valence-electron chi connectivity index (χ0n) is 6.61.